The summed E-state index contributed by atoms with van der Waals surface area (Å²) in [4.78, 5) is 23.8. The quantitative estimate of drug-likeness (QED) is 0.646. The molecule has 0 heterocycles. The zero-order valence-electron chi connectivity index (χ0n) is 15.2. The van der Waals surface area contributed by atoms with Crippen LogP contribution in [0.4, 0.5) is 11.4 Å². The van der Waals surface area contributed by atoms with E-state index in [9.17, 15) is 9.59 Å². The SMILES string of the molecule is CCCC(=O)Nc1cccc(NC(=O)COc2ccc3ccccc3c2)c1. The van der Waals surface area contributed by atoms with Crippen molar-refractivity contribution in [1.82, 2.24) is 0 Å². The number of benzene rings is 3. The summed E-state index contributed by atoms with van der Waals surface area (Å²) in [5, 5.41) is 7.77. The molecule has 0 radical (unpaired) electrons. The van der Waals surface area contributed by atoms with E-state index in [1.165, 1.54) is 0 Å². The van der Waals surface area contributed by atoms with E-state index in [1.54, 1.807) is 24.3 Å². The van der Waals surface area contributed by atoms with E-state index in [-0.39, 0.29) is 18.4 Å². The molecule has 0 spiro atoms. The highest BCUT2D eigenvalue weighted by Crippen LogP contribution is 2.21. The summed E-state index contributed by atoms with van der Waals surface area (Å²) in [5.41, 5.74) is 1.26. The Morgan fingerprint density at radius 2 is 1.52 bits per heavy atom. The van der Waals surface area contributed by atoms with Gasteiger partial charge in [0.2, 0.25) is 5.91 Å². The van der Waals surface area contributed by atoms with Crippen molar-refractivity contribution in [2.24, 2.45) is 0 Å². The van der Waals surface area contributed by atoms with Gasteiger partial charge in [0.1, 0.15) is 5.75 Å². The normalized spacial score (nSPS) is 10.4. The van der Waals surface area contributed by atoms with Crippen molar-refractivity contribution < 1.29 is 14.3 Å². The smallest absolute Gasteiger partial charge is 0.262 e. The molecule has 0 atom stereocenters. The van der Waals surface area contributed by atoms with E-state index in [4.69, 9.17) is 4.74 Å². The van der Waals surface area contributed by atoms with Gasteiger partial charge in [-0.05, 0) is 47.5 Å². The topological polar surface area (TPSA) is 67.4 Å². The number of carbonyl (C=O) groups is 2. The van der Waals surface area contributed by atoms with Gasteiger partial charge in [0, 0.05) is 17.8 Å². The van der Waals surface area contributed by atoms with Crippen molar-refractivity contribution in [2.75, 3.05) is 17.2 Å². The molecule has 0 saturated heterocycles. The summed E-state index contributed by atoms with van der Waals surface area (Å²) in [6.07, 6.45) is 1.25. The fourth-order valence-electron chi connectivity index (χ4n) is 2.73. The molecule has 0 aliphatic heterocycles. The zero-order valence-corrected chi connectivity index (χ0v) is 15.2. The minimum absolute atomic E-state index is 0.0411. The lowest BCUT2D eigenvalue weighted by atomic mass is 10.1. The van der Waals surface area contributed by atoms with Crippen LogP contribution in [0, 0.1) is 0 Å². The van der Waals surface area contributed by atoms with Gasteiger partial charge in [0.25, 0.3) is 5.91 Å². The highest BCUT2D eigenvalue weighted by Gasteiger charge is 2.06. The number of carbonyl (C=O) groups excluding carboxylic acids is 2. The summed E-state index contributed by atoms with van der Waals surface area (Å²) in [6, 6.07) is 20.7. The standard InChI is InChI=1S/C22H22N2O3/c1-2-6-21(25)23-18-9-5-10-19(14-18)24-22(26)15-27-20-12-11-16-7-3-4-8-17(16)13-20/h3-5,7-14H,2,6,15H2,1H3,(H,23,25)(H,24,26). The van der Waals surface area contributed by atoms with Crippen LogP contribution >= 0.6 is 0 Å². The molecule has 3 aromatic rings. The molecule has 0 fully saturated rings. The second-order valence-electron chi connectivity index (χ2n) is 6.22. The first kappa shape index (κ1) is 18.5. The van der Waals surface area contributed by atoms with Crippen LogP contribution < -0.4 is 15.4 Å². The first-order valence-electron chi connectivity index (χ1n) is 8.95. The third kappa shape index (κ3) is 5.31. The highest BCUT2D eigenvalue weighted by atomic mass is 16.5. The summed E-state index contributed by atoms with van der Waals surface area (Å²) in [6.45, 7) is 1.86. The Balaban J connectivity index is 1.56. The molecule has 0 aliphatic rings. The minimum atomic E-state index is -0.264. The second-order valence-corrected chi connectivity index (χ2v) is 6.22. The Morgan fingerprint density at radius 3 is 2.26 bits per heavy atom. The van der Waals surface area contributed by atoms with Gasteiger partial charge in [-0.2, -0.15) is 0 Å². The lowest BCUT2D eigenvalue weighted by Crippen LogP contribution is -2.20. The predicted octanol–water partition coefficient (Wildman–Crippen LogP) is 4.60. The number of anilines is 2. The lowest BCUT2D eigenvalue weighted by Gasteiger charge is -2.10. The maximum atomic E-state index is 12.2. The van der Waals surface area contributed by atoms with E-state index in [2.05, 4.69) is 10.6 Å². The van der Waals surface area contributed by atoms with Crippen molar-refractivity contribution >= 4 is 34.0 Å². The van der Waals surface area contributed by atoms with Gasteiger partial charge in [-0.25, -0.2) is 0 Å². The largest absolute Gasteiger partial charge is 0.484 e. The molecule has 3 aromatic carbocycles. The first-order valence-corrected chi connectivity index (χ1v) is 8.95. The van der Waals surface area contributed by atoms with Gasteiger partial charge in [-0.1, -0.05) is 43.3 Å². The van der Waals surface area contributed by atoms with E-state index in [1.807, 2.05) is 49.4 Å². The molecule has 0 aliphatic carbocycles. The molecular weight excluding hydrogens is 340 g/mol. The third-order valence-electron chi connectivity index (χ3n) is 4.00. The average Bonchev–Trinajstić information content (AvgIpc) is 2.66. The predicted molar refractivity (Wildman–Crippen MR) is 108 cm³/mol. The monoisotopic (exact) mass is 362 g/mol. The highest BCUT2D eigenvalue weighted by molar-refractivity contribution is 5.94. The van der Waals surface area contributed by atoms with Gasteiger partial charge in [-0.15, -0.1) is 0 Å². The maximum Gasteiger partial charge on any atom is 0.262 e. The van der Waals surface area contributed by atoms with Crippen LogP contribution in [0.3, 0.4) is 0 Å². The number of nitrogens with one attached hydrogen (secondary N) is 2. The van der Waals surface area contributed by atoms with Crippen molar-refractivity contribution in [2.45, 2.75) is 19.8 Å². The molecule has 2 N–H and O–H groups in total. The molecule has 0 bridgehead atoms. The molecule has 27 heavy (non-hydrogen) atoms. The fourth-order valence-corrected chi connectivity index (χ4v) is 2.73. The Morgan fingerprint density at radius 1 is 0.815 bits per heavy atom. The Hall–Kier alpha value is -3.34. The molecule has 0 unspecified atom stereocenters. The zero-order chi connectivity index (χ0) is 19.1. The summed E-state index contributed by atoms with van der Waals surface area (Å²) >= 11 is 0. The summed E-state index contributed by atoms with van der Waals surface area (Å²) < 4.78 is 5.59. The van der Waals surface area contributed by atoms with E-state index in [0.717, 1.165) is 17.2 Å². The third-order valence-corrected chi connectivity index (χ3v) is 4.00. The Bertz CT molecular complexity index is 953. The molecule has 5 heteroatoms. The van der Waals surface area contributed by atoms with Crippen molar-refractivity contribution in [3.05, 3.63) is 66.7 Å². The fraction of sp³-hybridized carbons (Fsp3) is 0.182. The average molecular weight is 362 g/mol. The van der Waals surface area contributed by atoms with Crippen LogP contribution in [0.1, 0.15) is 19.8 Å². The van der Waals surface area contributed by atoms with E-state index < -0.39 is 0 Å². The van der Waals surface area contributed by atoms with Gasteiger partial charge >= 0.3 is 0 Å². The van der Waals surface area contributed by atoms with Gasteiger partial charge in [0.15, 0.2) is 6.61 Å². The number of hydrogen-bond donors (Lipinski definition) is 2. The van der Waals surface area contributed by atoms with Gasteiger partial charge in [0.05, 0.1) is 0 Å². The number of hydrogen-bond acceptors (Lipinski definition) is 3. The maximum absolute atomic E-state index is 12.2. The first-order chi connectivity index (χ1) is 13.1. The number of amides is 2. The van der Waals surface area contributed by atoms with Crippen molar-refractivity contribution in [3.63, 3.8) is 0 Å². The van der Waals surface area contributed by atoms with Crippen LogP contribution in [0.15, 0.2) is 66.7 Å². The van der Waals surface area contributed by atoms with Crippen LogP contribution in [-0.4, -0.2) is 18.4 Å². The van der Waals surface area contributed by atoms with Crippen molar-refractivity contribution in [3.8, 4) is 5.75 Å². The number of ether oxygens (including phenoxy) is 1. The van der Waals surface area contributed by atoms with Gasteiger partial charge in [-0.3, -0.25) is 9.59 Å². The van der Waals surface area contributed by atoms with Crippen molar-refractivity contribution in [1.29, 1.82) is 0 Å². The molecule has 138 valence electrons. The van der Waals surface area contributed by atoms with E-state index >= 15 is 0 Å². The molecule has 3 rings (SSSR count). The summed E-state index contributed by atoms with van der Waals surface area (Å²) in [5.74, 6) is 0.338. The summed E-state index contributed by atoms with van der Waals surface area (Å²) in [7, 11) is 0. The lowest BCUT2D eigenvalue weighted by molar-refractivity contribution is -0.118. The van der Waals surface area contributed by atoms with Gasteiger partial charge < -0.3 is 15.4 Å². The van der Waals surface area contributed by atoms with Crippen LogP contribution in [0.2, 0.25) is 0 Å². The number of rotatable bonds is 7. The van der Waals surface area contributed by atoms with Crippen LogP contribution in [0.5, 0.6) is 5.75 Å². The molecular formula is C22H22N2O3. The number of fused-ring (bicyclic) bond motifs is 1. The molecule has 2 amide bonds. The molecule has 5 nitrogen and oxygen atoms in total. The molecule has 0 aromatic heterocycles. The minimum Gasteiger partial charge on any atom is -0.484 e. The van der Waals surface area contributed by atoms with E-state index in [0.29, 0.717) is 23.5 Å². The van der Waals surface area contributed by atoms with Crippen LogP contribution in [0.25, 0.3) is 10.8 Å². The molecule has 0 saturated carbocycles. The van der Waals surface area contributed by atoms with Crippen LogP contribution in [-0.2, 0) is 9.59 Å². The second kappa shape index (κ2) is 8.85. The Labute approximate surface area is 158 Å². The Kier molecular flexibility index (Phi) is 6.05.